The third-order valence-electron chi connectivity index (χ3n) is 3.85. The fourth-order valence-electron chi connectivity index (χ4n) is 2.62. The highest BCUT2D eigenvalue weighted by Gasteiger charge is 2.22. The van der Waals surface area contributed by atoms with Gasteiger partial charge in [0.25, 0.3) is 0 Å². The van der Waals surface area contributed by atoms with Crippen LogP contribution < -0.4 is 10.6 Å². The topological polar surface area (TPSA) is 41.1 Å². The van der Waals surface area contributed by atoms with Gasteiger partial charge in [0.05, 0.1) is 5.69 Å². The predicted octanol–water partition coefficient (Wildman–Crippen LogP) is 4.18. The molecule has 1 aromatic carbocycles. The van der Waals surface area contributed by atoms with Gasteiger partial charge in [0, 0.05) is 15.4 Å². The minimum atomic E-state index is 0.0890. The lowest BCUT2D eigenvalue weighted by atomic mass is 9.85. The Morgan fingerprint density at radius 2 is 2.30 bits per heavy atom. The van der Waals surface area contributed by atoms with Crippen molar-refractivity contribution in [2.75, 3.05) is 18.4 Å². The van der Waals surface area contributed by atoms with Crippen molar-refractivity contribution < 1.29 is 4.79 Å². The minimum Gasteiger partial charge on any atom is -0.325 e. The molecule has 0 bridgehead atoms. The summed E-state index contributed by atoms with van der Waals surface area (Å²) in [4.78, 5) is 12.1. The summed E-state index contributed by atoms with van der Waals surface area (Å²) in [5.41, 5.74) is 0.826. The van der Waals surface area contributed by atoms with E-state index in [1.807, 2.05) is 18.2 Å². The SMILES string of the molecule is CC(CC(=O)Nc1ccc(Br)cc1Br)C1CCCNC1. The number of piperidine rings is 1. The maximum Gasteiger partial charge on any atom is 0.224 e. The molecule has 2 unspecified atom stereocenters. The Hall–Kier alpha value is -0.390. The Bertz CT molecular complexity index is 473. The van der Waals surface area contributed by atoms with E-state index in [0.717, 1.165) is 27.7 Å². The highest BCUT2D eigenvalue weighted by Crippen LogP contribution is 2.27. The van der Waals surface area contributed by atoms with Gasteiger partial charge in [-0.2, -0.15) is 0 Å². The fourth-order valence-corrected chi connectivity index (χ4v) is 3.76. The number of halogens is 2. The molecule has 0 saturated carbocycles. The van der Waals surface area contributed by atoms with Gasteiger partial charge in [-0.05, 0) is 71.9 Å². The number of carbonyl (C=O) groups is 1. The Morgan fingerprint density at radius 3 is 2.95 bits per heavy atom. The van der Waals surface area contributed by atoms with Gasteiger partial charge in [0.2, 0.25) is 5.91 Å². The van der Waals surface area contributed by atoms with E-state index in [0.29, 0.717) is 18.3 Å². The van der Waals surface area contributed by atoms with Crippen LogP contribution in [-0.4, -0.2) is 19.0 Å². The predicted molar refractivity (Wildman–Crippen MR) is 89.8 cm³/mol. The molecule has 1 aliphatic heterocycles. The smallest absolute Gasteiger partial charge is 0.224 e. The second-order valence-corrected chi connectivity index (χ2v) is 7.23. The van der Waals surface area contributed by atoms with E-state index in [4.69, 9.17) is 0 Å². The van der Waals surface area contributed by atoms with Crippen LogP contribution in [0.2, 0.25) is 0 Å². The number of carbonyl (C=O) groups excluding carboxylic acids is 1. The van der Waals surface area contributed by atoms with Gasteiger partial charge in [0.15, 0.2) is 0 Å². The van der Waals surface area contributed by atoms with Crippen molar-refractivity contribution in [3.63, 3.8) is 0 Å². The Kier molecular flexibility index (Phi) is 6.05. The van der Waals surface area contributed by atoms with Crippen molar-refractivity contribution in [3.8, 4) is 0 Å². The molecule has 2 N–H and O–H groups in total. The zero-order valence-corrected chi connectivity index (χ0v) is 14.8. The van der Waals surface area contributed by atoms with Gasteiger partial charge in [-0.1, -0.05) is 22.9 Å². The number of hydrogen-bond donors (Lipinski definition) is 2. The van der Waals surface area contributed by atoms with Gasteiger partial charge in [-0.15, -0.1) is 0 Å². The maximum absolute atomic E-state index is 12.1. The first-order chi connectivity index (χ1) is 9.56. The molecule has 1 fully saturated rings. The van der Waals surface area contributed by atoms with Crippen molar-refractivity contribution >= 4 is 43.5 Å². The molecule has 5 heteroatoms. The van der Waals surface area contributed by atoms with E-state index < -0.39 is 0 Å². The van der Waals surface area contributed by atoms with Gasteiger partial charge in [0.1, 0.15) is 0 Å². The van der Waals surface area contributed by atoms with Crippen molar-refractivity contribution in [3.05, 3.63) is 27.1 Å². The third-order valence-corrected chi connectivity index (χ3v) is 5.00. The van der Waals surface area contributed by atoms with Crippen LogP contribution in [0, 0.1) is 11.8 Å². The van der Waals surface area contributed by atoms with Gasteiger partial charge >= 0.3 is 0 Å². The molecule has 2 atom stereocenters. The number of benzene rings is 1. The molecule has 0 radical (unpaired) electrons. The largest absolute Gasteiger partial charge is 0.325 e. The van der Waals surface area contributed by atoms with Gasteiger partial charge in [-0.3, -0.25) is 4.79 Å². The lowest BCUT2D eigenvalue weighted by molar-refractivity contribution is -0.117. The molecule has 0 spiro atoms. The first-order valence-corrected chi connectivity index (χ1v) is 8.60. The molecule has 0 aromatic heterocycles. The summed E-state index contributed by atoms with van der Waals surface area (Å²) in [6.07, 6.45) is 3.02. The summed E-state index contributed by atoms with van der Waals surface area (Å²) in [5.74, 6) is 1.12. The molecule has 0 aliphatic carbocycles. The molecular weight excluding hydrogens is 384 g/mol. The molecule has 110 valence electrons. The Morgan fingerprint density at radius 1 is 1.50 bits per heavy atom. The van der Waals surface area contributed by atoms with Crippen LogP contribution in [0.5, 0.6) is 0 Å². The lowest BCUT2D eigenvalue weighted by Gasteiger charge is -2.28. The summed E-state index contributed by atoms with van der Waals surface area (Å²) < 4.78 is 1.89. The second-order valence-electron chi connectivity index (χ2n) is 5.46. The molecule has 20 heavy (non-hydrogen) atoms. The minimum absolute atomic E-state index is 0.0890. The monoisotopic (exact) mass is 402 g/mol. The number of amides is 1. The van der Waals surface area contributed by atoms with Crippen LogP contribution in [0.15, 0.2) is 27.1 Å². The summed E-state index contributed by atoms with van der Waals surface area (Å²) in [6.45, 7) is 4.32. The number of hydrogen-bond acceptors (Lipinski definition) is 2. The fraction of sp³-hybridized carbons (Fsp3) is 0.533. The van der Waals surface area contributed by atoms with Crippen LogP contribution in [0.3, 0.4) is 0 Å². The Balaban J connectivity index is 1.88. The van der Waals surface area contributed by atoms with Crippen LogP contribution in [-0.2, 0) is 4.79 Å². The molecule has 2 rings (SSSR count). The molecule has 1 amide bonds. The van der Waals surface area contributed by atoms with Crippen LogP contribution >= 0.6 is 31.9 Å². The standard InChI is InChI=1S/C15H20Br2N2O/c1-10(11-3-2-6-18-9-11)7-15(20)19-14-5-4-12(16)8-13(14)17/h4-5,8,10-11,18H,2-3,6-7,9H2,1H3,(H,19,20). The van der Waals surface area contributed by atoms with Gasteiger partial charge in [-0.25, -0.2) is 0 Å². The van der Waals surface area contributed by atoms with Gasteiger partial charge < -0.3 is 10.6 Å². The average Bonchev–Trinajstić information content (AvgIpc) is 2.43. The zero-order valence-electron chi connectivity index (χ0n) is 11.6. The van der Waals surface area contributed by atoms with Crippen LogP contribution in [0.4, 0.5) is 5.69 Å². The molecule has 3 nitrogen and oxygen atoms in total. The quantitative estimate of drug-likeness (QED) is 0.791. The van der Waals surface area contributed by atoms with Crippen molar-refractivity contribution in [2.24, 2.45) is 11.8 Å². The number of anilines is 1. The summed E-state index contributed by atoms with van der Waals surface area (Å²) in [5, 5.41) is 6.39. The first-order valence-electron chi connectivity index (χ1n) is 7.02. The molecule has 1 heterocycles. The first kappa shape index (κ1) is 16.0. The molecular formula is C15H20Br2N2O. The highest BCUT2D eigenvalue weighted by atomic mass is 79.9. The van der Waals surface area contributed by atoms with E-state index in [-0.39, 0.29) is 5.91 Å². The van der Waals surface area contributed by atoms with E-state index in [1.54, 1.807) is 0 Å². The number of rotatable bonds is 4. The van der Waals surface area contributed by atoms with E-state index in [2.05, 4.69) is 49.4 Å². The van der Waals surface area contributed by atoms with Crippen LogP contribution in [0.1, 0.15) is 26.2 Å². The third kappa shape index (κ3) is 4.57. The Labute approximate surface area is 137 Å². The molecule has 1 saturated heterocycles. The summed E-state index contributed by atoms with van der Waals surface area (Å²) in [6, 6.07) is 5.76. The number of nitrogens with one attached hydrogen (secondary N) is 2. The van der Waals surface area contributed by atoms with Crippen molar-refractivity contribution in [2.45, 2.75) is 26.2 Å². The van der Waals surface area contributed by atoms with E-state index >= 15 is 0 Å². The maximum atomic E-state index is 12.1. The second kappa shape index (κ2) is 7.57. The van der Waals surface area contributed by atoms with E-state index in [1.165, 1.54) is 12.8 Å². The molecule has 1 aromatic rings. The highest BCUT2D eigenvalue weighted by molar-refractivity contribution is 9.11. The normalized spacial score (nSPS) is 20.4. The zero-order chi connectivity index (χ0) is 14.5. The molecule has 1 aliphatic rings. The summed E-state index contributed by atoms with van der Waals surface area (Å²) in [7, 11) is 0. The van der Waals surface area contributed by atoms with E-state index in [9.17, 15) is 4.79 Å². The lowest BCUT2D eigenvalue weighted by Crippen LogP contribution is -2.34. The summed E-state index contributed by atoms with van der Waals surface area (Å²) >= 11 is 6.87. The van der Waals surface area contributed by atoms with Crippen LogP contribution in [0.25, 0.3) is 0 Å². The average molecular weight is 404 g/mol. The van der Waals surface area contributed by atoms with Crippen molar-refractivity contribution in [1.82, 2.24) is 5.32 Å². The van der Waals surface area contributed by atoms with Crippen molar-refractivity contribution in [1.29, 1.82) is 0 Å².